The van der Waals surface area contributed by atoms with Crippen molar-refractivity contribution in [1.82, 2.24) is 9.55 Å². The van der Waals surface area contributed by atoms with E-state index < -0.39 is 0 Å². The van der Waals surface area contributed by atoms with Crippen LogP contribution in [-0.4, -0.2) is 9.55 Å². The number of aromatic nitrogens is 2. The summed E-state index contributed by atoms with van der Waals surface area (Å²) in [7, 11) is 0. The van der Waals surface area contributed by atoms with Gasteiger partial charge in [-0.15, -0.1) is 12.4 Å². The molecule has 0 aliphatic heterocycles. The minimum atomic E-state index is 0. The topological polar surface area (TPSA) is 17.8 Å². The van der Waals surface area contributed by atoms with E-state index in [9.17, 15) is 0 Å². The summed E-state index contributed by atoms with van der Waals surface area (Å²) in [5.74, 6) is 1.75. The smallest absolute Gasteiger partial charge is 0.110 e. The second-order valence-corrected chi connectivity index (χ2v) is 5.84. The number of rotatable bonds is 4. The van der Waals surface area contributed by atoms with E-state index >= 15 is 0 Å². The van der Waals surface area contributed by atoms with Crippen molar-refractivity contribution in [2.75, 3.05) is 0 Å². The lowest BCUT2D eigenvalue weighted by molar-refractivity contribution is 0.597. The van der Waals surface area contributed by atoms with E-state index in [4.69, 9.17) is 4.98 Å². The molecule has 0 atom stereocenters. The van der Waals surface area contributed by atoms with Gasteiger partial charge in [0.1, 0.15) is 5.82 Å². The Kier molecular flexibility index (Phi) is 5.42. The molecule has 1 aromatic heterocycles. The Bertz CT molecular complexity index is 546. The highest BCUT2D eigenvalue weighted by molar-refractivity contribution is 9.11. The Balaban J connectivity index is 0.00000162. The first-order valence-electron chi connectivity index (χ1n) is 5.85. The first-order chi connectivity index (χ1) is 8.08. The van der Waals surface area contributed by atoms with Crippen LogP contribution in [0.1, 0.15) is 19.7 Å². The van der Waals surface area contributed by atoms with Crippen LogP contribution in [0.5, 0.6) is 0 Å². The van der Waals surface area contributed by atoms with Gasteiger partial charge in [0, 0.05) is 10.9 Å². The standard InChI is InChI=1S/C14H17BrN2.ClH/c1-10(2)8-14-16-12-6-4-5-7-13(12)17(14)9-11(3)15;/h4-7,10H,3,8-9H2,1-2H3;1H. The SMILES string of the molecule is C=C(Br)Cn1c(CC(C)C)nc2ccccc21.Cl. The average Bonchev–Trinajstić information content (AvgIpc) is 2.55. The Morgan fingerprint density at radius 3 is 2.67 bits per heavy atom. The van der Waals surface area contributed by atoms with Gasteiger partial charge in [-0.3, -0.25) is 0 Å². The zero-order valence-corrected chi connectivity index (χ0v) is 13.1. The van der Waals surface area contributed by atoms with Gasteiger partial charge in [0.2, 0.25) is 0 Å². The number of fused-ring (bicyclic) bond motifs is 1. The predicted octanol–water partition coefficient (Wildman–Crippen LogP) is 4.57. The van der Waals surface area contributed by atoms with Crippen molar-refractivity contribution < 1.29 is 0 Å². The summed E-state index contributed by atoms with van der Waals surface area (Å²) in [5, 5.41) is 0. The van der Waals surface area contributed by atoms with E-state index in [1.165, 1.54) is 5.52 Å². The van der Waals surface area contributed by atoms with Crippen molar-refractivity contribution in [1.29, 1.82) is 0 Å². The van der Waals surface area contributed by atoms with Crippen molar-refractivity contribution in [3.8, 4) is 0 Å². The highest BCUT2D eigenvalue weighted by Crippen LogP contribution is 2.20. The molecular weight excluding hydrogens is 312 g/mol. The molecule has 0 saturated carbocycles. The summed E-state index contributed by atoms with van der Waals surface area (Å²) in [6.45, 7) is 9.14. The molecule has 4 heteroatoms. The molecule has 0 unspecified atom stereocenters. The molecule has 98 valence electrons. The highest BCUT2D eigenvalue weighted by atomic mass is 79.9. The fourth-order valence-corrected chi connectivity index (χ4v) is 2.25. The fourth-order valence-electron chi connectivity index (χ4n) is 1.99. The summed E-state index contributed by atoms with van der Waals surface area (Å²) in [4.78, 5) is 4.71. The second-order valence-electron chi connectivity index (χ2n) is 4.72. The average molecular weight is 330 g/mol. The molecule has 0 aliphatic rings. The molecule has 0 aliphatic carbocycles. The first-order valence-corrected chi connectivity index (χ1v) is 6.64. The summed E-state index contributed by atoms with van der Waals surface area (Å²) < 4.78 is 3.22. The van der Waals surface area contributed by atoms with E-state index in [1.807, 2.05) is 6.07 Å². The van der Waals surface area contributed by atoms with Crippen LogP contribution in [0.25, 0.3) is 11.0 Å². The van der Waals surface area contributed by atoms with Crippen LogP contribution in [0.15, 0.2) is 35.3 Å². The number of para-hydroxylation sites is 2. The third-order valence-electron chi connectivity index (χ3n) is 2.65. The van der Waals surface area contributed by atoms with Crippen molar-refractivity contribution >= 4 is 39.4 Å². The Labute approximate surface area is 123 Å². The number of hydrogen-bond acceptors (Lipinski definition) is 1. The molecule has 0 saturated heterocycles. The predicted molar refractivity (Wildman–Crippen MR) is 83.6 cm³/mol. The molecule has 0 fully saturated rings. The van der Waals surface area contributed by atoms with Gasteiger partial charge in [0.25, 0.3) is 0 Å². The Morgan fingerprint density at radius 2 is 2.06 bits per heavy atom. The van der Waals surface area contributed by atoms with Crippen LogP contribution >= 0.6 is 28.3 Å². The van der Waals surface area contributed by atoms with Crippen LogP contribution in [0.4, 0.5) is 0 Å². The molecule has 0 bridgehead atoms. The lowest BCUT2D eigenvalue weighted by Crippen LogP contribution is -2.06. The number of hydrogen-bond donors (Lipinski definition) is 0. The fraction of sp³-hybridized carbons (Fsp3) is 0.357. The zero-order valence-electron chi connectivity index (χ0n) is 10.7. The van der Waals surface area contributed by atoms with Gasteiger partial charge in [0.15, 0.2) is 0 Å². The minimum absolute atomic E-state index is 0. The number of imidazole rings is 1. The summed E-state index contributed by atoms with van der Waals surface area (Å²) >= 11 is 3.44. The van der Waals surface area contributed by atoms with Crippen LogP contribution < -0.4 is 0 Å². The van der Waals surface area contributed by atoms with Gasteiger partial charge in [-0.05, 0) is 18.1 Å². The van der Waals surface area contributed by atoms with Crippen molar-refractivity contribution in [3.05, 3.63) is 41.2 Å². The molecule has 0 amide bonds. The molecule has 2 aromatic rings. The number of nitrogens with zero attached hydrogens (tertiary/aromatic N) is 2. The molecule has 0 radical (unpaired) electrons. The van der Waals surface area contributed by atoms with Gasteiger partial charge in [0.05, 0.1) is 17.6 Å². The lowest BCUT2D eigenvalue weighted by Gasteiger charge is -2.09. The maximum Gasteiger partial charge on any atom is 0.110 e. The maximum absolute atomic E-state index is 4.71. The van der Waals surface area contributed by atoms with Crippen LogP contribution in [0.2, 0.25) is 0 Å². The molecule has 18 heavy (non-hydrogen) atoms. The molecule has 0 spiro atoms. The monoisotopic (exact) mass is 328 g/mol. The molecule has 2 rings (SSSR count). The van der Waals surface area contributed by atoms with E-state index in [0.29, 0.717) is 5.92 Å². The van der Waals surface area contributed by atoms with Gasteiger partial charge in [-0.25, -0.2) is 4.98 Å². The second kappa shape index (κ2) is 6.39. The molecule has 1 heterocycles. The van der Waals surface area contributed by atoms with Gasteiger partial charge >= 0.3 is 0 Å². The summed E-state index contributed by atoms with van der Waals surface area (Å²) in [6, 6.07) is 8.26. The van der Waals surface area contributed by atoms with E-state index in [-0.39, 0.29) is 12.4 Å². The summed E-state index contributed by atoms with van der Waals surface area (Å²) in [6.07, 6.45) is 0.995. The zero-order chi connectivity index (χ0) is 12.4. The largest absolute Gasteiger partial charge is 0.323 e. The lowest BCUT2D eigenvalue weighted by atomic mass is 10.1. The van der Waals surface area contributed by atoms with Crippen LogP contribution in [-0.2, 0) is 13.0 Å². The molecular formula is C14H18BrClN2. The van der Waals surface area contributed by atoms with Gasteiger partial charge < -0.3 is 4.57 Å². The van der Waals surface area contributed by atoms with E-state index in [1.54, 1.807) is 0 Å². The van der Waals surface area contributed by atoms with Crippen LogP contribution in [0.3, 0.4) is 0 Å². The van der Waals surface area contributed by atoms with Gasteiger partial charge in [-0.2, -0.15) is 0 Å². The summed E-state index contributed by atoms with van der Waals surface area (Å²) in [5.41, 5.74) is 2.25. The Hall–Kier alpha value is -0.800. The van der Waals surface area contributed by atoms with E-state index in [0.717, 1.165) is 28.8 Å². The third kappa shape index (κ3) is 3.36. The highest BCUT2D eigenvalue weighted by Gasteiger charge is 2.11. The quantitative estimate of drug-likeness (QED) is 0.803. The number of halogens is 2. The molecule has 1 aromatic carbocycles. The van der Waals surface area contributed by atoms with Crippen LogP contribution in [0, 0.1) is 5.92 Å². The number of allylic oxidation sites excluding steroid dienone is 1. The number of benzene rings is 1. The molecule has 2 nitrogen and oxygen atoms in total. The minimum Gasteiger partial charge on any atom is -0.323 e. The Morgan fingerprint density at radius 1 is 1.39 bits per heavy atom. The van der Waals surface area contributed by atoms with E-state index in [2.05, 4.69) is 59.1 Å². The normalized spacial score (nSPS) is 10.7. The van der Waals surface area contributed by atoms with Crippen molar-refractivity contribution in [3.63, 3.8) is 0 Å². The third-order valence-corrected chi connectivity index (χ3v) is 2.90. The van der Waals surface area contributed by atoms with Crippen molar-refractivity contribution in [2.45, 2.75) is 26.8 Å². The first kappa shape index (κ1) is 15.3. The van der Waals surface area contributed by atoms with Crippen molar-refractivity contribution in [2.24, 2.45) is 5.92 Å². The maximum atomic E-state index is 4.71. The molecule has 0 N–H and O–H groups in total. The van der Waals surface area contributed by atoms with Gasteiger partial charge in [-0.1, -0.05) is 48.5 Å².